The van der Waals surface area contributed by atoms with Crippen molar-refractivity contribution in [2.24, 2.45) is 0 Å². The fourth-order valence-corrected chi connectivity index (χ4v) is 1.32. The minimum Gasteiger partial charge on any atom is -0.238 e. The third-order valence-corrected chi connectivity index (χ3v) is 3.00. The molecule has 0 heterocycles. The Morgan fingerprint density at radius 2 is 1.92 bits per heavy atom. The van der Waals surface area contributed by atoms with Crippen molar-refractivity contribution in [2.45, 2.75) is 12.6 Å². The molecule has 3 heteroatoms. The van der Waals surface area contributed by atoms with Gasteiger partial charge in [-0.3, -0.25) is 0 Å². The van der Waals surface area contributed by atoms with Gasteiger partial charge in [0.05, 0.1) is 0 Å². The van der Waals surface area contributed by atoms with Crippen molar-refractivity contribution >= 4 is 27.5 Å². The lowest BCUT2D eigenvalue weighted by Gasteiger charge is -2.17. The topological polar surface area (TPSA) is 0 Å². The Balaban J connectivity index is 2.96. The van der Waals surface area contributed by atoms with Gasteiger partial charge in [-0.2, -0.15) is 0 Å². The van der Waals surface area contributed by atoms with Crippen LogP contribution >= 0.6 is 27.5 Å². The molecule has 1 aromatic rings. The summed E-state index contributed by atoms with van der Waals surface area (Å²) in [5.41, 5.74) is -0.673. The van der Waals surface area contributed by atoms with Crippen LogP contribution in [0.3, 0.4) is 0 Å². The molecule has 0 saturated heterocycles. The molecule has 0 unspecified atom stereocenters. The quantitative estimate of drug-likeness (QED) is 0.699. The fraction of sp³-hybridized carbons (Fsp3) is 0.333. The van der Waals surface area contributed by atoms with Gasteiger partial charge in [0.25, 0.3) is 0 Å². The molecular weight excluding hydrogens is 242 g/mol. The first kappa shape index (κ1) is 10.0. The summed E-state index contributed by atoms with van der Waals surface area (Å²) in [5.74, 6) is 0. The zero-order valence-electron chi connectivity index (χ0n) is 6.65. The van der Waals surface area contributed by atoms with E-state index in [2.05, 4.69) is 15.9 Å². The van der Waals surface area contributed by atoms with Crippen LogP contribution in [0.1, 0.15) is 12.5 Å². The van der Waals surface area contributed by atoms with E-state index in [1.165, 1.54) is 6.92 Å². The Labute approximate surface area is 84.9 Å². The second-order valence-electron chi connectivity index (χ2n) is 2.84. The van der Waals surface area contributed by atoms with Crippen molar-refractivity contribution in [1.82, 2.24) is 0 Å². The zero-order valence-corrected chi connectivity index (χ0v) is 8.99. The first-order valence-electron chi connectivity index (χ1n) is 3.57. The van der Waals surface area contributed by atoms with E-state index in [1.54, 1.807) is 24.3 Å². The molecule has 66 valence electrons. The van der Waals surface area contributed by atoms with Crippen molar-refractivity contribution in [2.75, 3.05) is 5.33 Å². The van der Waals surface area contributed by atoms with Gasteiger partial charge in [0.15, 0.2) is 0 Å². The van der Waals surface area contributed by atoms with E-state index in [0.29, 0.717) is 15.9 Å². The summed E-state index contributed by atoms with van der Waals surface area (Å²) in [7, 11) is 0. The molecule has 0 spiro atoms. The van der Waals surface area contributed by atoms with E-state index in [4.69, 9.17) is 11.6 Å². The summed E-state index contributed by atoms with van der Waals surface area (Å²) in [4.78, 5) is 0. The highest BCUT2D eigenvalue weighted by Gasteiger charge is 2.23. The molecule has 0 N–H and O–H groups in total. The molecule has 0 saturated carbocycles. The number of alkyl halides is 2. The molecule has 0 fully saturated rings. The summed E-state index contributed by atoms with van der Waals surface area (Å²) in [6.07, 6.45) is 0. The second kappa shape index (κ2) is 3.75. The van der Waals surface area contributed by atoms with Crippen LogP contribution in [0, 0.1) is 0 Å². The SMILES string of the molecule is C[C@@](F)(CBr)c1ccc(Cl)cc1. The molecule has 0 amide bonds. The molecule has 0 bridgehead atoms. The molecular formula is C9H9BrClF. The molecule has 1 rings (SSSR count). The van der Waals surface area contributed by atoms with Crippen LogP contribution in [0.2, 0.25) is 5.02 Å². The first-order valence-corrected chi connectivity index (χ1v) is 5.07. The molecule has 1 atom stereocenters. The summed E-state index contributed by atoms with van der Waals surface area (Å²) in [5, 5.41) is 0.922. The number of rotatable bonds is 2. The van der Waals surface area contributed by atoms with Crippen LogP contribution in [0.25, 0.3) is 0 Å². The van der Waals surface area contributed by atoms with Crippen molar-refractivity contribution in [3.05, 3.63) is 34.9 Å². The van der Waals surface area contributed by atoms with Gasteiger partial charge >= 0.3 is 0 Å². The van der Waals surface area contributed by atoms with Gasteiger partial charge in [-0.25, -0.2) is 4.39 Å². The Kier molecular flexibility index (Phi) is 3.13. The molecule has 0 aliphatic heterocycles. The Morgan fingerprint density at radius 1 is 1.42 bits per heavy atom. The maximum absolute atomic E-state index is 13.6. The van der Waals surface area contributed by atoms with Crippen LogP contribution in [0.5, 0.6) is 0 Å². The van der Waals surface area contributed by atoms with Gasteiger partial charge in [0.2, 0.25) is 0 Å². The van der Waals surface area contributed by atoms with Crippen LogP contribution in [0.4, 0.5) is 4.39 Å². The van der Waals surface area contributed by atoms with E-state index >= 15 is 0 Å². The zero-order chi connectivity index (χ0) is 9.19. The summed E-state index contributed by atoms with van der Waals surface area (Å²) < 4.78 is 13.6. The Bertz CT molecular complexity index is 256. The lowest BCUT2D eigenvalue weighted by atomic mass is 10.0. The van der Waals surface area contributed by atoms with Gasteiger partial charge in [0, 0.05) is 10.4 Å². The Hall–Kier alpha value is -0.0800. The maximum atomic E-state index is 13.6. The minimum atomic E-state index is -1.31. The maximum Gasteiger partial charge on any atom is 0.142 e. The number of halogens is 3. The largest absolute Gasteiger partial charge is 0.238 e. The number of benzene rings is 1. The normalized spacial score (nSPS) is 15.7. The van der Waals surface area contributed by atoms with Gasteiger partial charge < -0.3 is 0 Å². The highest BCUT2D eigenvalue weighted by atomic mass is 79.9. The third kappa shape index (κ3) is 2.20. The predicted octanol–water partition coefficient (Wildman–Crippen LogP) is 3.92. The van der Waals surface area contributed by atoms with E-state index in [0.717, 1.165) is 0 Å². The van der Waals surface area contributed by atoms with E-state index in [9.17, 15) is 4.39 Å². The monoisotopic (exact) mass is 250 g/mol. The van der Waals surface area contributed by atoms with Crippen LogP contribution in [-0.4, -0.2) is 5.33 Å². The molecule has 12 heavy (non-hydrogen) atoms. The molecule has 0 aliphatic rings. The number of hydrogen-bond donors (Lipinski definition) is 0. The molecule has 1 aromatic carbocycles. The first-order chi connectivity index (χ1) is 5.56. The number of hydrogen-bond acceptors (Lipinski definition) is 0. The van der Waals surface area contributed by atoms with Gasteiger partial charge in [0.1, 0.15) is 5.67 Å². The molecule has 0 aliphatic carbocycles. The average Bonchev–Trinajstić information content (AvgIpc) is 2.05. The smallest absolute Gasteiger partial charge is 0.142 e. The highest BCUT2D eigenvalue weighted by molar-refractivity contribution is 9.09. The van der Waals surface area contributed by atoms with E-state index in [1.807, 2.05) is 0 Å². The van der Waals surface area contributed by atoms with Crippen molar-refractivity contribution in [3.63, 3.8) is 0 Å². The van der Waals surface area contributed by atoms with Crippen LogP contribution in [0.15, 0.2) is 24.3 Å². The summed E-state index contributed by atoms with van der Waals surface area (Å²) >= 11 is 8.79. The molecule has 0 aromatic heterocycles. The van der Waals surface area contributed by atoms with Gasteiger partial charge in [-0.05, 0) is 24.6 Å². The van der Waals surface area contributed by atoms with Gasteiger partial charge in [-0.15, -0.1) is 0 Å². The van der Waals surface area contributed by atoms with Gasteiger partial charge in [-0.1, -0.05) is 39.7 Å². The average molecular weight is 252 g/mol. The molecule has 0 nitrogen and oxygen atoms in total. The minimum absolute atomic E-state index is 0.293. The highest BCUT2D eigenvalue weighted by Crippen LogP contribution is 2.28. The summed E-state index contributed by atoms with van der Waals surface area (Å²) in [6.45, 7) is 1.53. The van der Waals surface area contributed by atoms with Crippen molar-refractivity contribution in [3.8, 4) is 0 Å². The Morgan fingerprint density at radius 3 is 2.33 bits per heavy atom. The van der Waals surface area contributed by atoms with Crippen LogP contribution < -0.4 is 0 Å². The molecule has 0 radical (unpaired) electrons. The predicted molar refractivity (Wildman–Crippen MR) is 53.7 cm³/mol. The third-order valence-electron chi connectivity index (χ3n) is 1.70. The van der Waals surface area contributed by atoms with Crippen LogP contribution in [-0.2, 0) is 5.67 Å². The fourth-order valence-electron chi connectivity index (χ4n) is 0.875. The van der Waals surface area contributed by atoms with E-state index in [-0.39, 0.29) is 0 Å². The van der Waals surface area contributed by atoms with Crippen molar-refractivity contribution < 1.29 is 4.39 Å². The second-order valence-corrected chi connectivity index (χ2v) is 3.84. The van der Waals surface area contributed by atoms with E-state index < -0.39 is 5.67 Å². The summed E-state index contributed by atoms with van der Waals surface area (Å²) in [6, 6.07) is 6.78. The van der Waals surface area contributed by atoms with Crippen molar-refractivity contribution in [1.29, 1.82) is 0 Å². The lowest BCUT2D eigenvalue weighted by Crippen LogP contribution is -2.16. The lowest BCUT2D eigenvalue weighted by molar-refractivity contribution is 0.230. The standard InChI is InChI=1S/C9H9BrClF/c1-9(12,6-10)7-2-4-8(11)5-3-7/h2-5H,6H2,1H3/t9-/m1/s1.